The van der Waals surface area contributed by atoms with E-state index < -0.39 is 6.04 Å². The van der Waals surface area contributed by atoms with Crippen LogP contribution in [0.2, 0.25) is 0 Å². The van der Waals surface area contributed by atoms with E-state index in [4.69, 9.17) is 4.74 Å². The number of likely N-dealkylation sites (tertiary alicyclic amines) is 1. The van der Waals surface area contributed by atoms with E-state index >= 15 is 0 Å². The lowest BCUT2D eigenvalue weighted by Crippen LogP contribution is -2.54. The number of rotatable bonds is 7. The molecule has 2 fully saturated rings. The Morgan fingerprint density at radius 2 is 1.96 bits per heavy atom. The van der Waals surface area contributed by atoms with Gasteiger partial charge in [-0.2, -0.15) is 0 Å². The van der Waals surface area contributed by atoms with E-state index in [1.807, 2.05) is 20.8 Å². The predicted octanol–water partition coefficient (Wildman–Crippen LogP) is 2.88. The number of hydrogen-bond acceptors (Lipinski definition) is 4. The number of nitrogens with one attached hydrogen (secondary N) is 1. The summed E-state index contributed by atoms with van der Waals surface area (Å²) in [6.45, 7) is 8.26. The second kappa shape index (κ2) is 8.84. The number of amides is 1. The Hall–Kier alpha value is -1.10. The number of fused-ring (bicyclic) bond motifs is 1. The highest BCUT2D eigenvalue weighted by atomic mass is 16.5. The van der Waals surface area contributed by atoms with Crippen LogP contribution in [0.15, 0.2) is 0 Å². The molecule has 1 saturated heterocycles. The van der Waals surface area contributed by atoms with Crippen LogP contribution in [-0.2, 0) is 14.3 Å². The molecule has 1 saturated carbocycles. The second-order valence-corrected chi connectivity index (χ2v) is 7.42. The van der Waals surface area contributed by atoms with Crippen molar-refractivity contribution in [2.75, 3.05) is 6.61 Å². The molecule has 0 radical (unpaired) electrons. The summed E-state index contributed by atoms with van der Waals surface area (Å²) in [6.07, 6.45) is 7.59. The highest BCUT2D eigenvalue weighted by molar-refractivity contribution is 5.84. The summed E-state index contributed by atoms with van der Waals surface area (Å²) >= 11 is 0. The first kappa shape index (κ1) is 19.2. The number of hydrogen-bond donors (Lipinski definition) is 1. The molecule has 0 aromatic carbocycles. The third kappa shape index (κ3) is 4.29. The summed E-state index contributed by atoms with van der Waals surface area (Å²) in [6, 6.07) is -0.0390. The van der Waals surface area contributed by atoms with Crippen molar-refractivity contribution < 1.29 is 14.3 Å². The monoisotopic (exact) mass is 338 g/mol. The van der Waals surface area contributed by atoms with Gasteiger partial charge in [0.1, 0.15) is 6.04 Å². The first-order valence-electron chi connectivity index (χ1n) is 9.74. The van der Waals surface area contributed by atoms with Crippen molar-refractivity contribution in [1.29, 1.82) is 0 Å². The van der Waals surface area contributed by atoms with Crippen molar-refractivity contribution in [3.63, 3.8) is 0 Å². The Balaban J connectivity index is 2.00. The fourth-order valence-corrected chi connectivity index (χ4v) is 4.49. The first-order valence-corrected chi connectivity index (χ1v) is 9.74. The Bertz CT molecular complexity index is 440. The molecule has 1 N–H and O–H groups in total. The second-order valence-electron chi connectivity index (χ2n) is 7.42. The van der Waals surface area contributed by atoms with Crippen LogP contribution in [0.4, 0.5) is 0 Å². The van der Waals surface area contributed by atoms with Gasteiger partial charge in [-0.05, 0) is 52.4 Å². The molecular formula is C19H34N2O3. The van der Waals surface area contributed by atoms with E-state index in [1.165, 1.54) is 19.3 Å². The third-order valence-electron chi connectivity index (χ3n) is 5.57. The quantitative estimate of drug-likeness (QED) is 0.725. The molecule has 0 bridgehead atoms. The zero-order chi connectivity index (χ0) is 17.7. The van der Waals surface area contributed by atoms with E-state index in [-0.39, 0.29) is 17.9 Å². The SMILES string of the molecule is CCC[C@@H](N[C@@H](C)C(=O)N1[C@H](C)C[C@@H]2CCCC[C@@H]21)C(=O)OCC. The summed E-state index contributed by atoms with van der Waals surface area (Å²) in [5.74, 6) is 0.563. The lowest BCUT2D eigenvalue weighted by Gasteiger charge is -2.35. The van der Waals surface area contributed by atoms with Crippen LogP contribution in [0, 0.1) is 5.92 Å². The Morgan fingerprint density at radius 3 is 2.62 bits per heavy atom. The number of carbonyl (C=O) groups is 2. The maximum atomic E-state index is 13.0. The molecule has 1 aliphatic heterocycles. The van der Waals surface area contributed by atoms with Gasteiger partial charge >= 0.3 is 5.97 Å². The predicted molar refractivity (Wildman–Crippen MR) is 94.6 cm³/mol. The summed E-state index contributed by atoms with van der Waals surface area (Å²) in [4.78, 5) is 27.2. The number of esters is 1. The summed E-state index contributed by atoms with van der Waals surface area (Å²) in [5.41, 5.74) is 0. The minimum atomic E-state index is -0.394. The van der Waals surface area contributed by atoms with Crippen molar-refractivity contribution in [1.82, 2.24) is 10.2 Å². The minimum Gasteiger partial charge on any atom is -0.465 e. The molecule has 1 heterocycles. The molecule has 5 atom stereocenters. The zero-order valence-corrected chi connectivity index (χ0v) is 15.7. The Labute approximate surface area is 146 Å². The molecule has 0 aromatic heterocycles. The highest BCUT2D eigenvalue weighted by Gasteiger charge is 2.43. The Kier molecular flexibility index (Phi) is 7.08. The fraction of sp³-hybridized carbons (Fsp3) is 0.895. The molecule has 2 aliphatic rings. The van der Waals surface area contributed by atoms with E-state index in [2.05, 4.69) is 17.1 Å². The van der Waals surface area contributed by atoms with Crippen molar-refractivity contribution in [2.45, 2.75) is 96.8 Å². The number of ether oxygens (including phenoxy) is 1. The average molecular weight is 338 g/mol. The van der Waals surface area contributed by atoms with Crippen molar-refractivity contribution in [3.8, 4) is 0 Å². The van der Waals surface area contributed by atoms with Gasteiger partial charge < -0.3 is 9.64 Å². The maximum absolute atomic E-state index is 13.0. The summed E-state index contributed by atoms with van der Waals surface area (Å²) < 4.78 is 5.14. The summed E-state index contributed by atoms with van der Waals surface area (Å²) in [7, 11) is 0. The van der Waals surface area contributed by atoms with Crippen LogP contribution < -0.4 is 5.32 Å². The highest BCUT2D eigenvalue weighted by Crippen LogP contribution is 2.39. The van der Waals surface area contributed by atoms with E-state index in [0.29, 0.717) is 31.0 Å². The first-order chi connectivity index (χ1) is 11.5. The molecule has 5 heteroatoms. The van der Waals surface area contributed by atoms with Gasteiger partial charge in [0.05, 0.1) is 12.6 Å². The van der Waals surface area contributed by atoms with Gasteiger partial charge in [0, 0.05) is 12.1 Å². The van der Waals surface area contributed by atoms with Crippen molar-refractivity contribution >= 4 is 11.9 Å². The zero-order valence-electron chi connectivity index (χ0n) is 15.7. The van der Waals surface area contributed by atoms with E-state index in [0.717, 1.165) is 19.3 Å². The third-order valence-corrected chi connectivity index (χ3v) is 5.57. The Morgan fingerprint density at radius 1 is 1.25 bits per heavy atom. The van der Waals surface area contributed by atoms with Gasteiger partial charge in [-0.25, -0.2) is 0 Å². The van der Waals surface area contributed by atoms with Crippen LogP contribution >= 0.6 is 0 Å². The van der Waals surface area contributed by atoms with Gasteiger partial charge in [0.25, 0.3) is 0 Å². The molecule has 0 unspecified atom stereocenters. The van der Waals surface area contributed by atoms with Gasteiger partial charge in [-0.15, -0.1) is 0 Å². The van der Waals surface area contributed by atoms with Crippen LogP contribution in [0.1, 0.15) is 72.6 Å². The normalized spacial score (nSPS) is 29.0. The van der Waals surface area contributed by atoms with Crippen LogP contribution in [0.5, 0.6) is 0 Å². The molecule has 1 aliphatic carbocycles. The van der Waals surface area contributed by atoms with Crippen LogP contribution in [0.3, 0.4) is 0 Å². The van der Waals surface area contributed by atoms with E-state index in [9.17, 15) is 9.59 Å². The van der Waals surface area contributed by atoms with Crippen molar-refractivity contribution in [2.24, 2.45) is 5.92 Å². The average Bonchev–Trinajstić information content (AvgIpc) is 2.89. The number of nitrogens with zero attached hydrogens (tertiary/aromatic N) is 1. The lowest BCUT2D eigenvalue weighted by molar-refractivity contribution is -0.146. The lowest BCUT2D eigenvalue weighted by atomic mass is 9.85. The number of carbonyl (C=O) groups excluding carboxylic acids is 2. The van der Waals surface area contributed by atoms with Gasteiger partial charge in [-0.1, -0.05) is 26.2 Å². The molecule has 0 aromatic rings. The largest absolute Gasteiger partial charge is 0.465 e. The van der Waals surface area contributed by atoms with Crippen LogP contribution in [-0.4, -0.2) is 47.6 Å². The van der Waals surface area contributed by atoms with Crippen LogP contribution in [0.25, 0.3) is 0 Å². The molecular weight excluding hydrogens is 304 g/mol. The standard InChI is InChI=1S/C19H34N2O3/c1-5-9-16(19(23)24-6-2)20-14(4)18(22)21-13(3)12-15-10-7-8-11-17(15)21/h13-17,20H,5-12H2,1-4H3/t13-,14+,15+,16-,17+/m1/s1. The topological polar surface area (TPSA) is 58.6 Å². The summed E-state index contributed by atoms with van der Waals surface area (Å²) in [5, 5.41) is 3.23. The van der Waals surface area contributed by atoms with Crippen molar-refractivity contribution in [3.05, 3.63) is 0 Å². The van der Waals surface area contributed by atoms with Gasteiger partial charge in [-0.3, -0.25) is 14.9 Å². The minimum absolute atomic E-state index is 0.141. The molecule has 0 spiro atoms. The van der Waals surface area contributed by atoms with Gasteiger partial charge in [0.2, 0.25) is 5.91 Å². The molecule has 1 amide bonds. The van der Waals surface area contributed by atoms with Gasteiger partial charge in [0.15, 0.2) is 0 Å². The molecule has 2 rings (SSSR count). The molecule has 5 nitrogen and oxygen atoms in total. The van der Waals surface area contributed by atoms with E-state index in [1.54, 1.807) is 0 Å². The fourth-order valence-electron chi connectivity index (χ4n) is 4.49. The maximum Gasteiger partial charge on any atom is 0.323 e. The molecule has 24 heavy (non-hydrogen) atoms. The molecule has 138 valence electrons. The smallest absolute Gasteiger partial charge is 0.323 e.